The molecule has 0 unspecified atom stereocenters. The first-order chi connectivity index (χ1) is 8.70. The predicted molar refractivity (Wildman–Crippen MR) is 65.6 cm³/mol. The van der Waals surface area contributed by atoms with Crippen LogP contribution in [0, 0.1) is 5.41 Å². The molecule has 2 rings (SSSR count). The lowest BCUT2D eigenvalue weighted by atomic mass is 10.4. The highest BCUT2D eigenvalue weighted by Gasteiger charge is 2.11. The van der Waals surface area contributed by atoms with Crippen molar-refractivity contribution in [1.82, 2.24) is 19.7 Å². The third-order valence-corrected chi connectivity index (χ3v) is 2.20. The quantitative estimate of drug-likeness (QED) is 0.608. The summed E-state index contributed by atoms with van der Waals surface area (Å²) in [5.41, 5.74) is 5.62. The van der Waals surface area contributed by atoms with Gasteiger partial charge in [0, 0.05) is 18.9 Å². The zero-order chi connectivity index (χ0) is 13.0. The van der Waals surface area contributed by atoms with Gasteiger partial charge in [-0.25, -0.2) is 9.97 Å². The van der Waals surface area contributed by atoms with E-state index in [2.05, 4.69) is 22.0 Å². The van der Waals surface area contributed by atoms with Gasteiger partial charge < -0.3 is 10.5 Å². The van der Waals surface area contributed by atoms with Crippen molar-refractivity contribution < 1.29 is 4.74 Å². The fraction of sp³-hybridized carbons (Fsp3) is 0.273. The third-order valence-electron chi connectivity index (χ3n) is 2.20. The Morgan fingerprint density at radius 2 is 2.22 bits per heavy atom. The first kappa shape index (κ1) is 12.0. The zero-order valence-corrected chi connectivity index (χ0v) is 10.00. The van der Waals surface area contributed by atoms with Crippen molar-refractivity contribution in [2.45, 2.75) is 19.9 Å². The molecule has 2 heterocycles. The number of rotatable bonds is 5. The highest BCUT2D eigenvalue weighted by Crippen LogP contribution is 2.20. The summed E-state index contributed by atoms with van der Waals surface area (Å²) in [6.07, 6.45) is 7.30. The van der Waals surface area contributed by atoms with E-state index in [4.69, 9.17) is 15.9 Å². The van der Waals surface area contributed by atoms with E-state index in [1.54, 1.807) is 17.1 Å². The largest absolute Gasteiger partial charge is 0.434 e. The molecule has 0 saturated carbocycles. The van der Waals surface area contributed by atoms with Crippen LogP contribution in [-0.4, -0.2) is 25.6 Å². The summed E-state index contributed by atoms with van der Waals surface area (Å²) in [4.78, 5) is 7.96. The molecular weight excluding hydrogens is 232 g/mol. The van der Waals surface area contributed by atoms with Crippen molar-refractivity contribution in [3.63, 3.8) is 0 Å². The lowest BCUT2D eigenvalue weighted by Gasteiger charge is -2.05. The maximum absolute atomic E-state index is 7.39. The molecular formula is C11H14N6O. The van der Waals surface area contributed by atoms with Crippen molar-refractivity contribution in [2.24, 2.45) is 5.73 Å². The van der Waals surface area contributed by atoms with Crippen molar-refractivity contribution in [3.8, 4) is 11.6 Å². The van der Waals surface area contributed by atoms with Crippen LogP contribution < -0.4 is 10.5 Å². The second-order valence-electron chi connectivity index (χ2n) is 3.66. The lowest BCUT2D eigenvalue weighted by Crippen LogP contribution is -2.14. The number of hydrogen-bond donors (Lipinski definition) is 2. The van der Waals surface area contributed by atoms with Crippen molar-refractivity contribution in [1.29, 1.82) is 5.41 Å². The van der Waals surface area contributed by atoms with Crippen LogP contribution in [0.5, 0.6) is 11.6 Å². The Hall–Kier alpha value is -2.44. The Labute approximate surface area is 104 Å². The SMILES string of the molecule is CCCn1cc(Oc2nccnc2C(=N)N)cn1. The van der Waals surface area contributed by atoms with Crippen LogP contribution in [0.3, 0.4) is 0 Å². The molecule has 18 heavy (non-hydrogen) atoms. The first-order valence-corrected chi connectivity index (χ1v) is 5.56. The second kappa shape index (κ2) is 5.26. The molecule has 0 amide bonds. The Kier molecular flexibility index (Phi) is 3.52. The molecule has 2 aromatic rings. The standard InChI is InChI=1S/C11H14N6O/c1-2-5-17-7-8(6-16-17)18-11-9(10(12)13)14-3-4-15-11/h3-4,6-7H,2,5H2,1H3,(H3,12,13). The molecule has 0 radical (unpaired) electrons. The second-order valence-corrected chi connectivity index (χ2v) is 3.66. The molecule has 2 aromatic heterocycles. The lowest BCUT2D eigenvalue weighted by molar-refractivity contribution is 0.457. The van der Waals surface area contributed by atoms with E-state index in [0.717, 1.165) is 13.0 Å². The number of aryl methyl sites for hydroxylation is 1. The van der Waals surface area contributed by atoms with Gasteiger partial charge >= 0.3 is 0 Å². The summed E-state index contributed by atoms with van der Waals surface area (Å²) < 4.78 is 7.30. The van der Waals surface area contributed by atoms with Crippen LogP contribution in [0.2, 0.25) is 0 Å². The summed E-state index contributed by atoms with van der Waals surface area (Å²) in [5, 5.41) is 11.5. The van der Waals surface area contributed by atoms with E-state index >= 15 is 0 Å². The number of hydrogen-bond acceptors (Lipinski definition) is 5. The Morgan fingerprint density at radius 1 is 1.44 bits per heavy atom. The van der Waals surface area contributed by atoms with Gasteiger partial charge in [0.05, 0.1) is 12.4 Å². The van der Waals surface area contributed by atoms with Gasteiger partial charge in [-0.1, -0.05) is 6.92 Å². The molecule has 94 valence electrons. The minimum atomic E-state index is -0.181. The minimum absolute atomic E-state index is 0.181. The van der Waals surface area contributed by atoms with Crippen LogP contribution in [-0.2, 0) is 6.54 Å². The van der Waals surface area contributed by atoms with E-state index in [0.29, 0.717) is 5.75 Å². The number of nitrogens with two attached hydrogens (primary N) is 1. The van der Waals surface area contributed by atoms with Crippen molar-refractivity contribution in [2.75, 3.05) is 0 Å². The summed E-state index contributed by atoms with van der Waals surface area (Å²) in [6, 6.07) is 0. The number of nitrogens with zero attached hydrogens (tertiary/aromatic N) is 4. The van der Waals surface area contributed by atoms with E-state index < -0.39 is 0 Å². The van der Waals surface area contributed by atoms with Gasteiger partial charge in [0.2, 0.25) is 5.88 Å². The van der Waals surface area contributed by atoms with Crippen LogP contribution in [0.25, 0.3) is 0 Å². The van der Waals surface area contributed by atoms with E-state index in [1.165, 1.54) is 12.4 Å². The van der Waals surface area contributed by atoms with Gasteiger partial charge in [0.25, 0.3) is 0 Å². The molecule has 0 bridgehead atoms. The fourth-order valence-electron chi connectivity index (χ4n) is 1.45. The molecule has 7 heteroatoms. The van der Waals surface area contributed by atoms with E-state index in [-0.39, 0.29) is 17.4 Å². The number of ether oxygens (including phenoxy) is 1. The highest BCUT2D eigenvalue weighted by atomic mass is 16.5. The first-order valence-electron chi connectivity index (χ1n) is 5.56. The molecule has 0 spiro atoms. The smallest absolute Gasteiger partial charge is 0.249 e. The molecule has 0 aliphatic heterocycles. The number of nitrogen functional groups attached to an aromatic ring is 1. The topological polar surface area (TPSA) is 103 Å². The van der Waals surface area contributed by atoms with Crippen molar-refractivity contribution >= 4 is 5.84 Å². The van der Waals surface area contributed by atoms with E-state index in [1.807, 2.05) is 0 Å². The summed E-state index contributed by atoms with van der Waals surface area (Å²) in [7, 11) is 0. The van der Waals surface area contributed by atoms with Gasteiger partial charge in [0.15, 0.2) is 11.4 Å². The molecule has 3 N–H and O–H groups in total. The molecule has 7 nitrogen and oxygen atoms in total. The van der Waals surface area contributed by atoms with Crippen molar-refractivity contribution in [3.05, 3.63) is 30.5 Å². The predicted octanol–water partition coefficient (Wildman–Crippen LogP) is 1.16. The van der Waals surface area contributed by atoms with E-state index in [9.17, 15) is 0 Å². The molecule has 0 aliphatic rings. The average molecular weight is 246 g/mol. The summed E-state index contributed by atoms with van der Waals surface area (Å²) in [6.45, 7) is 2.89. The monoisotopic (exact) mass is 246 g/mol. The van der Waals surface area contributed by atoms with Gasteiger partial charge in [-0.15, -0.1) is 0 Å². The number of nitrogens with one attached hydrogen (secondary N) is 1. The molecule has 0 saturated heterocycles. The normalized spacial score (nSPS) is 10.3. The van der Waals surface area contributed by atoms with Gasteiger partial charge in [-0.2, -0.15) is 5.10 Å². The molecule has 0 aliphatic carbocycles. The number of aromatic nitrogens is 4. The van der Waals surface area contributed by atoms with Gasteiger partial charge in [0.1, 0.15) is 5.84 Å². The van der Waals surface area contributed by atoms with Gasteiger partial charge in [-0.05, 0) is 6.42 Å². The maximum atomic E-state index is 7.39. The minimum Gasteiger partial charge on any atom is -0.434 e. The molecule has 0 atom stereocenters. The third kappa shape index (κ3) is 2.62. The summed E-state index contributed by atoms with van der Waals surface area (Å²) in [5.74, 6) is 0.576. The highest BCUT2D eigenvalue weighted by molar-refractivity contribution is 5.95. The Bertz CT molecular complexity index is 550. The molecule has 0 aromatic carbocycles. The van der Waals surface area contributed by atoms with Crippen LogP contribution in [0.1, 0.15) is 19.0 Å². The van der Waals surface area contributed by atoms with Crippen LogP contribution in [0.15, 0.2) is 24.8 Å². The molecule has 0 fully saturated rings. The average Bonchev–Trinajstić information content (AvgIpc) is 2.77. The van der Waals surface area contributed by atoms with Crippen LogP contribution >= 0.6 is 0 Å². The van der Waals surface area contributed by atoms with Crippen LogP contribution in [0.4, 0.5) is 0 Å². The Balaban J connectivity index is 2.20. The zero-order valence-electron chi connectivity index (χ0n) is 10.00. The fourth-order valence-corrected chi connectivity index (χ4v) is 1.45. The van der Waals surface area contributed by atoms with Gasteiger partial charge in [-0.3, -0.25) is 10.1 Å². The number of amidine groups is 1. The Morgan fingerprint density at radius 3 is 2.94 bits per heavy atom. The summed E-state index contributed by atoms with van der Waals surface area (Å²) >= 11 is 0. The maximum Gasteiger partial charge on any atom is 0.249 e.